The highest BCUT2D eigenvalue weighted by molar-refractivity contribution is 7.99. The minimum absolute atomic E-state index is 0.345. The van der Waals surface area contributed by atoms with Crippen LogP contribution in [0, 0.1) is 0 Å². The summed E-state index contributed by atoms with van der Waals surface area (Å²) in [6.45, 7) is 4.14. The van der Waals surface area contributed by atoms with Gasteiger partial charge in [-0.1, -0.05) is 0 Å². The number of hydrogen-bond acceptors (Lipinski definition) is 3. The van der Waals surface area contributed by atoms with Crippen LogP contribution < -0.4 is 5.32 Å². The fourth-order valence-corrected chi connectivity index (χ4v) is 1.43. The summed E-state index contributed by atoms with van der Waals surface area (Å²) >= 11 is 1.76. The Morgan fingerprint density at radius 3 is 3.09 bits per heavy atom. The maximum atomic E-state index is 5.58. The van der Waals surface area contributed by atoms with Crippen LogP contribution in [-0.4, -0.2) is 30.9 Å². The molecule has 0 saturated carbocycles. The maximum absolute atomic E-state index is 5.58. The van der Waals surface area contributed by atoms with Crippen molar-refractivity contribution in [3.8, 4) is 0 Å². The van der Waals surface area contributed by atoms with Crippen LogP contribution in [-0.2, 0) is 4.74 Å². The average molecular weight is 175 g/mol. The second-order valence-electron chi connectivity index (χ2n) is 2.93. The second-order valence-corrected chi connectivity index (χ2v) is 4.07. The van der Waals surface area contributed by atoms with Gasteiger partial charge >= 0.3 is 0 Å². The molecule has 0 bridgehead atoms. The molecule has 0 aromatic carbocycles. The Hall–Kier alpha value is 0.270. The van der Waals surface area contributed by atoms with Gasteiger partial charge in [0.15, 0.2) is 0 Å². The van der Waals surface area contributed by atoms with Crippen LogP contribution in [0.3, 0.4) is 0 Å². The zero-order valence-corrected chi connectivity index (χ0v) is 8.12. The van der Waals surface area contributed by atoms with Crippen LogP contribution >= 0.6 is 11.8 Å². The summed E-state index contributed by atoms with van der Waals surface area (Å²) in [5.41, 5.74) is 0.345. The van der Waals surface area contributed by atoms with E-state index in [-0.39, 0.29) is 0 Å². The van der Waals surface area contributed by atoms with E-state index in [4.69, 9.17) is 4.74 Å². The fraction of sp³-hybridized carbons (Fsp3) is 1.00. The van der Waals surface area contributed by atoms with Gasteiger partial charge in [0.2, 0.25) is 0 Å². The predicted octanol–water partition coefficient (Wildman–Crippen LogP) is 1.46. The molecule has 0 aromatic rings. The molecule has 0 aliphatic carbocycles. The monoisotopic (exact) mass is 175 g/mol. The van der Waals surface area contributed by atoms with E-state index in [2.05, 4.69) is 18.5 Å². The Bertz CT molecular complexity index is 104. The van der Waals surface area contributed by atoms with E-state index in [0.29, 0.717) is 11.5 Å². The molecule has 1 aliphatic heterocycles. The number of hydrogen-bond donors (Lipinski definition) is 1. The molecular weight excluding hydrogens is 158 g/mol. The van der Waals surface area contributed by atoms with Gasteiger partial charge in [0.25, 0.3) is 0 Å². The van der Waals surface area contributed by atoms with Crippen molar-refractivity contribution in [1.29, 1.82) is 0 Å². The van der Waals surface area contributed by atoms with Crippen LogP contribution in [0.1, 0.15) is 19.8 Å². The van der Waals surface area contributed by atoms with Crippen LogP contribution in [0.5, 0.6) is 0 Å². The predicted molar refractivity (Wildman–Crippen MR) is 50.0 cm³/mol. The molecule has 3 heteroatoms. The highest BCUT2D eigenvalue weighted by Crippen LogP contribution is 2.10. The summed E-state index contributed by atoms with van der Waals surface area (Å²) in [5, 5.41) is 3.40. The number of nitrogens with one attached hydrogen (secondary N) is 1. The lowest BCUT2D eigenvalue weighted by atomic mass is 10.2. The molecule has 66 valence electrons. The van der Waals surface area contributed by atoms with Gasteiger partial charge in [0.05, 0.1) is 12.0 Å². The first-order chi connectivity index (χ1) is 5.33. The normalized spacial score (nSPS) is 27.3. The molecule has 2 nitrogen and oxygen atoms in total. The fourth-order valence-electron chi connectivity index (χ4n) is 1.22. The first-order valence-electron chi connectivity index (χ1n) is 4.20. The van der Waals surface area contributed by atoms with Crippen molar-refractivity contribution in [3.05, 3.63) is 0 Å². The quantitative estimate of drug-likeness (QED) is 0.654. The summed E-state index contributed by atoms with van der Waals surface area (Å²) in [5.74, 6) is 0. The van der Waals surface area contributed by atoms with Crippen LogP contribution in [0.2, 0.25) is 0 Å². The SMILES string of the molecule is CSC(C)OC[C@@H]1CCCN1. The van der Waals surface area contributed by atoms with Gasteiger partial charge in [-0.15, -0.1) is 11.8 Å². The van der Waals surface area contributed by atoms with Gasteiger partial charge in [-0.25, -0.2) is 0 Å². The Labute approximate surface area is 73.1 Å². The molecule has 1 aliphatic rings. The van der Waals surface area contributed by atoms with Gasteiger partial charge < -0.3 is 10.1 Å². The van der Waals surface area contributed by atoms with Crippen molar-refractivity contribution in [2.24, 2.45) is 0 Å². The Morgan fingerprint density at radius 1 is 1.73 bits per heavy atom. The molecule has 2 atom stereocenters. The molecule has 0 aromatic heterocycles. The van der Waals surface area contributed by atoms with Crippen molar-refractivity contribution < 1.29 is 4.74 Å². The third kappa shape index (κ3) is 3.45. The number of ether oxygens (including phenoxy) is 1. The van der Waals surface area contributed by atoms with Crippen LogP contribution in [0.4, 0.5) is 0 Å². The molecule has 1 saturated heterocycles. The summed E-state index contributed by atoms with van der Waals surface area (Å²) in [7, 11) is 0. The zero-order valence-electron chi connectivity index (χ0n) is 7.30. The van der Waals surface area contributed by atoms with Crippen molar-refractivity contribution in [3.63, 3.8) is 0 Å². The first kappa shape index (κ1) is 9.36. The van der Waals surface area contributed by atoms with Crippen molar-refractivity contribution in [2.75, 3.05) is 19.4 Å². The summed E-state index contributed by atoms with van der Waals surface area (Å²) in [6.07, 6.45) is 4.66. The smallest absolute Gasteiger partial charge is 0.0997 e. The standard InChI is InChI=1S/C8H17NOS/c1-7(11-2)10-6-8-4-3-5-9-8/h7-9H,3-6H2,1-2H3/t7?,8-/m0/s1. The third-order valence-corrected chi connectivity index (χ3v) is 2.83. The van der Waals surface area contributed by atoms with Crippen molar-refractivity contribution >= 4 is 11.8 Å². The Morgan fingerprint density at radius 2 is 2.55 bits per heavy atom. The van der Waals surface area contributed by atoms with Crippen LogP contribution in [0.15, 0.2) is 0 Å². The second kappa shape index (κ2) is 5.01. The van der Waals surface area contributed by atoms with Gasteiger partial charge in [0.1, 0.15) is 0 Å². The molecule has 0 radical (unpaired) electrons. The molecule has 0 amide bonds. The van der Waals surface area contributed by atoms with E-state index in [1.807, 2.05) is 0 Å². The molecule has 1 fully saturated rings. The minimum Gasteiger partial charge on any atom is -0.366 e. The minimum atomic E-state index is 0.345. The van der Waals surface area contributed by atoms with E-state index in [0.717, 1.165) is 6.61 Å². The maximum Gasteiger partial charge on any atom is 0.0997 e. The summed E-state index contributed by atoms with van der Waals surface area (Å²) < 4.78 is 5.58. The molecule has 1 heterocycles. The van der Waals surface area contributed by atoms with E-state index in [9.17, 15) is 0 Å². The lowest BCUT2D eigenvalue weighted by Gasteiger charge is -2.14. The number of rotatable bonds is 4. The summed E-state index contributed by atoms with van der Waals surface area (Å²) in [6, 6.07) is 0.615. The number of thioether (sulfide) groups is 1. The molecule has 0 spiro atoms. The van der Waals surface area contributed by atoms with E-state index in [1.54, 1.807) is 11.8 Å². The molecule has 1 N–H and O–H groups in total. The Kier molecular flexibility index (Phi) is 4.26. The van der Waals surface area contributed by atoms with E-state index in [1.165, 1.54) is 19.4 Å². The average Bonchev–Trinajstić information content (AvgIpc) is 2.52. The highest BCUT2D eigenvalue weighted by atomic mass is 32.2. The van der Waals surface area contributed by atoms with Crippen LogP contribution in [0.25, 0.3) is 0 Å². The largest absolute Gasteiger partial charge is 0.366 e. The molecule has 1 unspecified atom stereocenters. The molecule has 1 rings (SSSR count). The lowest BCUT2D eigenvalue weighted by Crippen LogP contribution is -2.28. The van der Waals surface area contributed by atoms with E-state index >= 15 is 0 Å². The Balaban J connectivity index is 2.01. The van der Waals surface area contributed by atoms with Crippen molar-refractivity contribution in [1.82, 2.24) is 5.32 Å². The zero-order chi connectivity index (χ0) is 8.10. The van der Waals surface area contributed by atoms with Gasteiger partial charge in [-0.05, 0) is 32.6 Å². The first-order valence-corrected chi connectivity index (χ1v) is 5.49. The third-order valence-electron chi connectivity index (χ3n) is 2.03. The molecular formula is C8H17NOS. The highest BCUT2D eigenvalue weighted by Gasteiger charge is 2.14. The van der Waals surface area contributed by atoms with E-state index < -0.39 is 0 Å². The lowest BCUT2D eigenvalue weighted by molar-refractivity contribution is 0.107. The van der Waals surface area contributed by atoms with Crippen molar-refractivity contribution in [2.45, 2.75) is 31.2 Å². The topological polar surface area (TPSA) is 21.3 Å². The van der Waals surface area contributed by atoms with Gasteiger partial charge in [-0.3, -0.25) is 0 Å². The summed E-state index contributed by atoms with van der Waals surface area (Å²) in [4.78, 5) is 0. The van der Waals surface area contributed by atoms with Gasteiger partial charge in [-0.2, -0.15) is 0 Å². The molecule has 11 heavy (non-hydrogen) atoms. The van der Waals surface area contributed by atoms with Gasteiger partial charge in [0, 0.05) is 6.04 Å².